The van der Waals surface area contributed by atoms with E-state index in [0.717, 1.165) is 85.7 Å². The highest BCUT2D eigenvalue weighted by Gasteiger charge is 2.67. The molecule has 0 N–H and O–H groups in total. The van der Waals surface area contributed by atoms with Crippen molar-refractivity contribution in [3.05, 3.63) is 157 Å². The average molecular weight is 631 g/mol. The molecule has 0 amide bonds. The number of aromatic nitrogens is 4. The molecule has 0 aliphatic heterocycles. The van der Waals surface area contributed by atoms with Crippen LogP contribution in [0, 0.1) is 23.7 Å². The number of hydrogen-bond acceptors (Lipinski definition) is 4. The van der Waals surface area contributed by atoms with E-state index in [9.17, 15) is 0 Å². The molecule has 5 aromatic carbocycles. The lowest BCUT2D eigenvalue weighted by molar-refractivity contribution is -0.214. The second kappa shape index (κ2) is 11.5. The lowest BCUT2D eigenvalue weighted by Crippen LogP contribution is -2.65. The van der Waals surface area contributed by atoms with Gasteiger partial charge in [0.15, 0.2) is 11.6 Å². The lowest BCUT2D eigenvalue weighted by Gasteiger charge is -2.73. The Labute approximate surface area is 286 Å². The van der Waals surface area contributed by atoms with Gasteiger partial charge in [0.1, 0.15) is 0 Å². The van der Waals surface area contributed by atoms with Gasteiger partial charge in [0, 0.05) is 33.4 Å². The third kappa shape index (κ3) is 4.90. The minimum absolute atomic E-state index is 0.686. The van der Waals surface area contributed by atoms with Crippen molar-refractivity contribution in [1.29, 1.82) is 0 Å². The molecule has 3 saturated carbocycles. The maximum absolute atomic E-state index is 5.19. The van der Waals surface area contributed by atoms with E-state index in [2.05, 4.69) is 109 Å². The molecular formula is C45H34N4. The van der Waals surface area contributed by atoms with Gasteiger partial charge < -0.3 is 0 Å². The van der Waals surface area contributed by atoms with Crippen LogP contribution in [-0.4, -0.2) is 19.9 Å². The van der Waals surface area contributed by atoms with Crippen molar-refractivity contribution in [3.63, 3.8) is 0 Å². The Bertz CT molecular complexity index is 2230. The van der Waals surface area contributed by atoms with Gasteiger partial charge in [0.2, 0.25) is 0 Å². The fraction of sp³-hybridized carbons (Fsp3) is 0.156. The SMILES string of the molecule is c1ccc(-c2cc(-c3ccccc3)nc(-c3ccc(-c4nc(-c5ccccc5)cc(-c5cccc(C6C7CC8CC6C87)c5)n4)cc3)n2)cc1. The zero-order chi connectivity index (χ0) is 32.3. The summed E-state index contributed by atoms with van der Waals surface area (Å²) in [5.41, 5.74) is 11.4. The molecular weight excluding hydrogens is 597 g/mol. The number of rotatable bonds is 7. The third-order valence-electron chi connectivity index (χ3n) is 11.2. The first-order chi connectivity index (χ1) is 24.2. The summed E-state index contributed by atoms with van der Waals surface area (Å²) in [6.45, 7) is 0. The first-order valence-corrected chi connectivity index (χ1v) is 17.4. The Morgan fingerprint density at radius 2 is 0.776 bits per heavy atom. The van der Waals surface area contributed by atoms with E-state index in [1.54, 1.807) is 0 Å². The van der Waals surface area contributed by atoms with E-state index in [0.29, 0.717) is 11.6 Å². The van der Waals surface area contributed by atoms with Crippen molar-refractivity contribution in [2.45, 2.75) is 18.8 Å². The van der Waals surface area contributed by atoms with E-state index in [1.165, 1.54) is 18.4 Å². The summed E-state index contributed by atoms with van der Waals surface area (Å²) in [6, 6.07) is 52.8. The van der Waals surface area contributed by atoms with Crippen LogP contribution in [0.2, 0.25) is 0 Å². The zero-order valence-electron chi connectivity index (χ0n) is 27.0. The van der Waals surface area contributed by atoms with Gasteiger partial charge in [0.25, 0.3) is 0 Å². The molecule has 0 bridgehead atoms. The maximum atomic E-state index is 5.19. The Hall–Kier alpha value is -5.74. The molecule has 2 heterocycles. The fourth-order valence-electron chi connectivity index (χ4n) is 8.73. The highest BCUT2D eigenvalue weighted by Crippen LogP contribution is 2.75. The molecule has 4 heteroatoms. The van der Waals surface area contributed by atoms with E-state index < -0.39 is 0 Å². The molecule has 10 rings (SSSR count). The molecule has 3 fully saturated rings. The molecule has 3 aliphatic carbocycles. The van der Waals surface area contributed by atoms with Crippen LogP contribution in [0.4, 0.5) is 0 Å². The molecule has 0 saturated heterocycles. The van der Waals surface area contributed by atoms with Crippen LogP contribution in [0.5, 0.6) is 0 Å². The summed E-state index contributed by atoms with van der Waals surface area (Å²) in [6.07, 6.45) is 2.86. The Morgan fingerprint density at radius 3 is 1.18 bits per heavy atom. The minimum atomic E-state index is 0.686. The van der Waals surface area contributed by atoms with Crippen LogP contribution in [0.1, 0.15) is 24.3 Å². The van der Waals surface area contributed by atoms with Gasteiger partial charge in [-0.05, 0) is 66.2 Å². The zero-order valence-corrected chi connectivity index (χ0v) is 27.0. The van der Waals surface area contributed by atoms with Gasteiger partial charge in [-0.3, -0.25) is 0 Å². The van der Waals surface area contributed by atoms with Crippen molar-refractivity contribution < 1.29 is 0 Å². The normalized spacial score (nSPS) is 21.5. The molecule has 2 atom stereocenters. The van der Waals surface area contributed by atoms with Crippen molar-refractivity contribution in [2.75, 3.05) is 0 Å². The molecule has 234 valence electrons. The smallest absolute Gasteiger partial charge is 0.160 e. The van der Waals surface area contributed by atoms with Crippen molar-refractivity contribution in [3.8, 4) is 67.8 Å². The van der Waals surface area contributed by atoms with Crippen molar-refractivity contribution in [1.82, 2.24) is 19.9 Å². The maximum Gasteiger partial charge on any atom is 0.160 e. The Morgan fingerprint density at radius 1 is 0.367 bits per heavy atom. The molecule has 4 nitrogen and oxygen atoms in total. The highest BCUT2D eigenvalue weighted by atomic mass is 14.9. The fourth-order valence-corrected chi connectivity index (χ4v) is 8.73. The Kier molecular flexibility index (Phi) is 6.61. The van der Waals surface area contributed by atoms with E-state index in [4.69, 9.17) is 19.9 Å². The standard InChI is InChI=1S/C45H34N4/c1-4-11-28(12-5-1)38-26-39(29-13-6-2-7-14-29)47-44(46-38)31-19-21-32(22-20-31)45-48-40(30-15-8-3-9-16-30)27-41(49-45)33-17-10-18-34(23-33)42-36-24-35-25-37(42)43(35)36/h1-23,26-27,35-37,42-43H,24-25H2. The van der Waals surface area contributed by atoms with Crippen LogP contribution >= 0.6 is 0 Å². The van der Waals surface area contributed by atoms with E-state index in [1.807, 2.05) is 42.5 Å². The van der Waals surface area contributed by atoms with Crippen molar-refractivity contribution >= 4 is 0 Å². The summed E-state index contributed by atoms with van der Waals surface area (Å²) in [5.74, 6) is 5.97. The third-order valence-corrected chi connectivity index (χ3v) is 11.2. The molecule has 0 spiro atoms. The summed E-state index contributed by atoms with van der Waals surface area (Å²) in [7, 11) is 0. The summed E-state index contributed by atoms with van der Waals surface area (Å²) in [4.78, 5) is 20.3. The predicted octanol–water partition coefficient (Wildman–Crippen LogP) is 10.6. The van der Waals surface area contributed by atoms with Crippen LogP contribution in [-0.2, 0) is 0 Å². The monoisotopic (exact) mass is 630 g/mol. The van der Waals surface area contributed by atoms with Gasteiger partial charge in [-0.2, -0.15) is 0 Å². The van der Waals surface area contributed by atoms with Gasteiger partial charge in [-0.25, -0.2) is 19.9 Å². The molecule has 3 aliphatic rings. The molecule has 2 unspecified atom stereocenters. The van der Waals surface area contributed by atoms with E-state index >= 15 is 0 Å². The second-order valence-corrected chi connectivity index (χ2v) is 13.9. The van der Waals surface area contributed by atoms with Gasteiger partial charge in [0.05, 0.1) is 22.8 Å². The number of hydrogen-bond donors (Lipinski definition) is 0. The molecule has 49 heavy (non-hydrogen) atoms. The molecule has 7 aromatic rings. The number of nitrogens with zero attached hydrogens (tertiary/aromatic N) is 4. The van der Waals surface area contributed by atoms with Gasteiger partial charge in [-0.15, -0.1) is 0 Å². The summed E-state index contributed by atoms with van der Waals surface area (Å²) >= 11 is 0. The quantitative estimate of drug-likeness (QED) is 0.176. The Balaban J connectivity index is 1.03. The van der Waals surface area contributed by atoms with Crippen molar-refractivity contribution in [2.24, 2.45) is 23.7 Å². The first kappa shape index (κ1) is 28.3. The van der Waals surface area contributed by atoms with Crippen LogP contribution < -0.4 is 0 Å². The largest absolute Gasteiger partial charge is 0.228 e. The lowest BCUT2D eigenvalue weighted by atomic mass is 9.31. The molecule has 2 aromatic heterocycles. The first-order valence-electron chi connectivity index (χ1n) is 17.4. The second-order valence-electron chi connectivity index (χ2n) is 13.9. The van der Waals surface area contributed by atoms with Crippen LogP contribution in [0.25, 0.3) is 67.8 Å². The number of benzene rings is 5. The molecule has 0 radical (unpaired) electrons. The van der Waals surface area contributed by atoms with Gasteiger partial charge in [-0.1, -0.05) is 133 Å². The van der Waals surface area contributed by atoms with E-state index in [-0.39, 0.29) is 0 Å². The predicted molar refractivity (Wildman–Crippen MR) is 196 cm³/mol. The van der Waals surface area contributed by atoms with Crippen LogP contribution in [0.15, 0.2) is 152 Å². The highest BCUT2D eigenvalue weighted by molar-refractivity contribution is 5.75. The van der Waals surface area contributed by atoms with Gasteiger partial charge >= 0.3 is 0 Å². The minimum Gasteiger partial charge on any atom is -0.228 e. The summed E-state index contributed by atoms with van der Waals surface area (Å²) < 4.78 is 0. The van der Waals surface area contributed by atoms with Crippen LogP contribution in [0.3, 0.4) is 0 Å². The summed E-state index contributed by atoms with van der Waals surface area (Å²) in [5, 5.41) is 0. The average Bonchev–Trinajstić information content (AvgIpc) is 3.18. The topological polar surface area (TPSA) is 51.6 Å².